The summed E-state index contributed by atoms with van der Waals surface area (Å²) in [5, 5.41) is 9.16. The molecule has 1 aromatic heterocycles. The van der Waals surface area contributed by atoms with E-state index in [9.17, 15) is 13.2 Å². The fraction of sp³-hybridized carbons (Fsp3) is 0.385. The number of nitrogens with zero attached hydrogens (tertiary/aromatic N) is 2. The quantitative estimate of drug-likeness (QED) is 0.909. The van der Waals surface area contributed by atoms with E-state index in [1.807, 2.05) is 18.2 Å². The zero-order valence-electron chi connectivity index (χ0n) is 10.4. The third-order valence-electron chi connectivity index (χ3n) is 3.33. The van der Waals surface area contributed by atoms with Crippen LogP contribution in [0, 0.1) is 0 Å². The molecule has 1 aliphatic rings. The van der Waals surface area contributed by atoms with Crippen LogP contribution in [0.5, 0.6) is 0 Å². The van der Waals surface area contributed by atoms with Gasteiger partial charge in [-0.1, -0.05) is 35.6 Å². The van der Waals surface area contributed by atoms with Crippen LogP contribution in [0.25, 0.3) is 0 Å². The van der Waals surface area contributed by atoms with Crippen molar-refractivity contribution in [2.75, 3.05) is 5.32 Å². The Morgan fingerprint density at radius 1 is 1.20 bits per heavy atom. The van der Waals surface area contributed by atoms with Gasteiger partial charge in [-0.2, -0.15) is 13.2 Å². The first-order chi connectivity index (χ1) is 9.54. The van der Waals surface area contributed by atoms with Crippen LogP contribution in [0.3, 0.4) is 0 Å². The topological polar surface area (TPSA) is 37.8 Å². The molecule has 3 rings (SSSR count). The summed E-state index contributed by atoms with van der Waals surface area (Å²) in [6.45, 7) is 0. The largest absolute Gasteiger partial charge is 0.445 e. The molecule has 0 saturated carbocycles. The standard InChI is InChI=1S/C13H12F3N3S/c14-13(15,16)11-18-19-12(20-11)17-10-7-3-5-8-4-1-2-6-9(8)10/h1-2,4,6,10H,3,5,7H2,(H,17,19). The van der Waals surface area contributed by atoms with E-state index in [2.05, 4.69) is 21.6 Å². The van der Waals surface area contributed by atoms with Crippen molar-refractivity contribution in [2.24, 2.45) is 0 Å². The first-order valence-corrected chi connectivity index (χ1v) is 7.11. The first-order valence-electron chi connectivity index (χ1n) is 6.29. The maximum Gasteiger partial charge on any atom is 0.445 e. The van der Waals surface area contributed by atoms with Gasteiger partial charge in [0, 0.05) is 0 Å². The van der Waals surface area contributed by atoms with Crippen molar-refractivity contribution in [2.45, 2.75) is 31.5 Å². The number of nitrogens with one attached hydrogen (secondary N) is 1. The van der Waals surface area contributed by atoms with Crippen LogP contribution in [0.2, 0.25) is 0 Å². The number of hydrogen-bond donors (Lipinski definition) is 1. The Kier molecular flexibility index (Phi) is 3.37. The molecule has 0 fully saturated rings. The second-order valence-corrected chi connectivity index (χ2v) is 5.68. The van der Waals surface area contributed by atoms with Crippen LogP contribution in [0.1, 0.15) is 35.0 Å². The highest BCUT2D eigenvalue weighted by atomic mass is 32.1. The number of rotatable bonds is 2. The Labute approximate surface area is 117 Å². The van der Waals surface area contributed by atoms with E-state index in [1.165, 1.54) is 5.56 Å². The predicted molar refractivity (Wildman–Crippen MR) is 70.7 cm³/mol. The molecule has 1 aromatic carbocycles. The van der Waals surface area contributed by atoms with E-state index in [4.69, 9.17) is 0 Å². The molecule has 0 spiro atoms. The van der Waals surface area contributed by atoms with Gasteiger partial charge in [-0.3, -0.25) is 0 Å². The number of hydrogen-bond acceptors (Lipinski definition) is 4. The van der Waals surface area contributed by atoms with Gasteiger partial charge < -0.3 is 5.32 Å². The number of anilines is 1. The minimum absolute atomic E-state index is 0.00832. The van der Waals surface area contributed by atoms with Crippen LogP contribution in [0.4, 0.5) is 18.3 Å². The smallest absolute Gasteiger partial charge is 0.353 e. The molecule has 0 amide bonds. The minimum Gasteiger partial charge on any atom is -0.353 e. The van der Waals surface area contributed by atoms with Gasteiger partial charge in [-0.25, -0.2) is 0 Å². The van der Waals surface area contributed by atoms with Gasteiger partial charge >= 0.3 is 6.18 Å². The van der Waals surface area contributed by atoms with E-state index in [1.54, 1.807) is 0 Å². The molecule has 2 aromatic rings. The normalized spacial score (nSPS) is 18.6. The van der Waals surface area contributed by atoms with E-state index in [0.717, 1.165) is 24.8 Å². The lowest BCUT2D eigenvalue weighted by atomic mass is 9.88. The summed E-state index contributed by atoms with van der Waals surface area (Å²) in [5.41, 5.74) is 2.39. The molecule has 106 valence electrons. The monoisotopic (exact) mass is 299 g/mol. The molecule has 20 heavy (non-hydrogen) atoms. The maximum atomic E-state index is 12.5. The lowest BCUT2D eigenvalue weighted by Crippen LogP contribution is -2.17. The van der Waals surface area contributed by atoms with Gasteiger partial charge in [-0.15, -0.1) is 10.2 Å². The molecule has 3 nitrogen and oxygen atoms in total. The highest BCUT2D eigenvalue weighted by Gasteiger charge is 2.36. The van der Waals surface area contributed by atoms with Crippen LogP contribution >= 0.6 is 11.3 Å². The van der Waals surface area contributed by atoms with E-state index in [0.29, 0.717) is 11.3 Å². The zero-order valence-corrected chi connectivity index (χ0v) is 11.3. The predicted octanol–water partition coefficient (Wildman–Crippen LogP) is 4.05. The molecular weight excluding hydrogens is 287 g/mol. The highest BCUT2D eigenvalue weighted by Crippen LogP contribution is 2.36. The number of aromatic nitrogens is 2. The molecule has 1 N–H and O–H groups in total. The molecule has 0 aliphatic heterocycles. The second kappa shape index (κ2) is 5.05. The molecule has 1 unspecified atom stereocenters. The summed E-state index contributed by atoms with van der Waals surface area (Å²) in [7, 11) is 0. The molecule has 1 atom stereocenters. The lowest BCUT2D eigenvalue weighted by molar-refractivity contribution is -0.138. The van der Waals surface area contributed by atoms with Crippen LogP contribution in [0.15, 0.2) is 24.3 Å². The second-order valence-electron chi connectivity index (χ2n) is 4.70. The van der Waals surface area contributed by atoms with E-state index >= 15 is 0 Å². The third kappa shape index (κ3) is 2.63. The summed E-state index contributed by atoms with van der Waals surface area (Å²) in [6, 6.07) is 8.00. The number of halogens is 3. The Hall–Kier alpha value is -1.63. The van der Waals surface area contributed by atoms with Crippen molar-refractivity contribution in [3.8, 4) is 0 Å². The fourth-order valence-electron chi connectivity index (χ4n) is 2.45. The summed E-state index contributed by atoms with van der Waals surface area (Å²) in [6.07, 6.45) is -1.52. The van der Waals surface area contributed by atoms with Crippen molar-refractivity contribution < 1.29 is 13.2 Å². The van der Waals surface area contributed by atoms with Crippen molar-refractivity contribution in [3.05, 3.63) is 40.4 Å². The van der Waals surface area contributed by atoms with Gasteiger partial charge in [0.25, 0.3) is 0 Å². The number of benzene rings is 1. The summed E-state index contributed by atoms with van der Waals surface area (Å²) in [5.74, 6) is 0. The third-order valence-corrected chi connectivity index (χ3v) is 4.23. The summed E-state index contributed by atoms with van der Waals surface area (Å²) < 4.78 is 37.5. The van der Waals surface area contributed by atoms with Gasteiger partial charge in [0.2, 0.25) is 10.1 Å². The molecule has 7 heteroatoms. The minimum atomic E-state index is -4.43. The SMILES string of the molecule is FC(F)(F)c1nnc(NC2CCCc3ccccc32)s1. The molecule has 0 bridgehead atoms. The lowest BCUT2D eigenvalue weighted by Gasteiger charge is -2.25. The van der Waals surface area contributed by atoms with Crippen LogP contribution < -0.4 is 5.32 Å². The Morgan fingerprint density at radius 3 is 2.75 bits per heavy atom. The average molecular weight is 299 g/mol. The average Bonchev–Trinajstić information content (AvgIpc) is 2.88. The van der Waals surface area contributed by atoms with Crippen molar-refractivity contribution in [1.29, 1.82) is 0 Å². The van der Waals surface area contributed by atoms with Gasteiger partial charge in [-0.05, 0) is 30.4 Å². The molecule has 1 aliphatic carbocycles. The molecule has 0 saturated heterocycles. The van der Waals surface area contributed by atoms with Gasteiger partial charge in [0.15, 0.2) is 0 Å². The van der Waals surface area contributed by atoms with Crippen LogP contribution in [-0.4, -0.2) is 10.2 Å². The number of alkyl halides is 3. The van der Waals surface area contributed by atoms with E-state index in [-0.39, 0.29) is 11.2 Å². The molecule has 1 heterocycles. The fourth-order valence-corrected chi connectivity index (χ4v) is 3.11. The molecule has 0 radical (unpaired) electrons. The van der Waals surface area contributed by atoms with Gasteiger partial charge in [0.05, 0.1) is 6.04 Å². The summed E-state index contributed by atoms with van der Waals surface area (Å²) >= 11 is 0.550. The van der Waals surface area contributed by atoms with Crippen molar-refractivity contribution in [1.82, 2.24) is 10.2 Å². The van der Waals surface area contributed by atoms with Crippen LogP contribution in [-0.2, 0) is 12.6 Å². The Balaban J connectivity index is 1.81. The van der Waals surface area contributed by atoms with Crippen molar-refractivity contribution >= 4 is 16.5 Å². The van der Waals surface area contributed by atoms with E-state index < -0.39 is 11.2 Å². The summed E-state index contributed by atoms with van der Waals surface area (Å²) in [4.78, 5) is 0. The number of aryl methyl sites for hydroxylation is 1. The van der Waals surface area contributed by atoms with Crippen molar-refractivity contribution in [3.63, 3.8) is 0 Å². The Bertz CT molecular complexity index is 609. The van der Waals surface area contributed by atoms with Gasteiger partial charge in [0.1, 0.15) is 0 Å². The number of fused-ring (bicyclic) bond motifs is 1. The zero-order chi connectivity index (χ0) is 14.2. The maximum absolute atomic E-state index is 12.5. The molecular formula is C13H12F3N3S. The Morgan fingerprint density at radius 2 is 2.00 bits per heavy atom. The first kappa shape index (κ1) is 13.4. The highest BCUT2D eigenvalue weighted by molar-refractivity contribution is 7.15.